The first-order valence-electron chi connectivity index (χ1n) is 7.01. The van der Waals surface area contributed by atoms with Crippen LogP contribution in [0.5, 0.6) is 0 Å². The lowest BCUT2D eigenvalue weighted by Crippen LogP contribution is -2.38. The lowest BCUT2D eigenvalue weighted by Gasteiger charge is -2.29. The number of rotatable bonds is 7. The molecular formula is C14H30N2. The Balaban J connectivity index is 2.28. The SMILES string of the molecule is CCCC1(CNCC(C)C(C)C)CCNC1. The van der Waals surface area contributed by atoms with Crippen molar-refractivity contribution < 1.29 is 0 Å². The highest BCUT2D eigenvalue weighted by Crippen LogP contribution is 2.30. The highest BCUT2D eigenvalue weighted by atomic mass is 15.0. The van der Waals surface area contributed by atoms with Gasteiger partial charge in [0, 0.05) is 13.1 Å². The van der Waals surface area contributed by atoms with Crippen LogP contribution in [0.1, 0.15) is 47.0 Å². The number of nitrogens with one attached hydrogen (secondary N) is 2. The molecule has 0 aromatic rings. The molecule has 1 heterocycles. The zero-order chi connectivity index (χ0) is 12.0. The highest BCUT2D eigenvalue weighted by Gasteiger charge is 2.32. The van der Waals surface area contributed by atoms with Crippen molar-refractivity contribution in [2.24, 2.45) is 17.3 Å². The van der Waals surface area contributed by atoms with Crippen LogP contribution in [-0.4, -0.2) is 26.2 Å². The standard InChI is InChI=1S/C14H30N2/c1-5-6-14(7-8-15-10-14)11-16-9-13(4)12(2)3/h12-13,15-16H,5-11H2,1-4H3. The van der Waals surface area contributed by atoms with Crippen molar-refractivity contribution in [2.45, 2.75) is 47.0 Å². The topological polar surface area (TPSA) is 24.1 Å². The van der Waals surface area contributed by atoms with Crippen LogP contribution in [0.2, 0.25) is 0 Å². The minimum Gasteiger partial charge on any atom is -0.316 e. The van der Waals surface area contributed by atoms with E-state index in [1.165, 1.54) is 45.4 Å². The number of hydrogen-bond donors (Lipinski definition) is 2. The molecular weight excluding hydrogens is 196 g/mol. The van der Waals surface area contributed by atoms with Gasteiger partial charge in [0.25, 0.3) is 0 Å². The van der Waals surface area contributed by atoms with Gasteiger partial charge in [-0.2, -0.15) is 0 Å². The summed E-state index contributed by atoms with van der Waals surface area (Å²) in [5, 5.41) is 7.21. The highest BCUT2D eigenvalue weighted by molar-refractivity contribution is 4.89. The fourth-order valence-corrected chi connectivity index (χ4v) is 2.58. The van der Waals surface area contributed by atoms with Crippen LogP contribution in [0.4, 0.5) is 0 Å². The van der Waals surface area contributed by atoms with Gasteiger partial charge in [-0.05, 0) is 43.2 Å². The average Bonchev–Trinajstić information content (AvgIpc) is 2.67. The van der Waals surface area contributed by atoms with Gasteiger partial charge in [0.1, 0.15) is 0 Å². The van der Waals surface area contributed by atoms with Crippen molar-refractivity contribution in [1.29, 1.82) is 0 Å². The van der Waals surface area contributed by atoms with Crippen LogP contribution in [-0.2, 0) is 0 Å². The van der Waals surface area contributed by atoms with Gasteiger partial charge >= 0.3 is 0 Å². The lowest BCUT2D eigenvalue weighted by molar-refractivity contribution is 0.263. The van der Waals surface area contributed by atoms with Gasteiger partial charge in [0.05, 0.1) is 0 Å². The Bertz CT molecular complexity index is 183. The Labute approximate surface area is 102 Å². The van der Waals surface area contributed by atoms with Crippen molar-refractivity contribution in [1.82, 2.24) is 10.6 Å². The molecule has 2 atom stereocenters. The summed E-state index contributed by atoms with van der Waals surface area (Å²) in [7, 11) is 0. The Hall–Kier alpha value is -0.0800. The van der Waals surface area contributed by atoms with Crippen LogP contribution >= 0.6 is 0 Å². The van der Waals surface area contributed by atoms with Crippen LogP contribution in [0.3, 0.4) is 0 Å². The van der Waals surface area contributed by atoms with Crippen molar-refractivity contribution in [3.8, 4) is 0 Å². The van der Waals surface area contributed by atoms with Gasteiger partial charge in [-0.15, -0.1) is 0 Å². The third-order valence-corrected chi connectivity index (χ3v) is 4.22. The van der Waals surface area contributed by atoms with Crippen LogP contribution in [0, 0.1) is 17.3 Å². The molecule has 1 saturated heterocycles. The fraction of sp³-hybridized carbons (Fsp3) is 1.00. The molecule has 0 saturated carbocycles. The molecule has 1 aliphatic heterocycles. The number of hydrogen-bond acceptors (Lipinski definition) is 2. The zero-order valence-corrected chi connectivity index (χ0v) is 11.6. The van der Waals surface area contributed by atoms with E-state index in [0.29, 0.717) is 5.41 Å². The summed E-state index contributed by atoms with van der Waals surface area (Å²) in [5.41, 5.74) is 0.547. The third-order valence-electron chi connectivity index (χ3n) is 4.22. The summed E-state index contributed by atoms with van der Waals surface area (Å²) in [4.78, 5) is 0. The molecule has 1 rings (SSSR count). The van der Waals surface area contributed by atoms with Crippen molar-refractivity contribution in [3.63, 3.8) is 0 Å². The summed E-state index contributed by atoms with van der Waals surface area (Å²) in [6.07, 6.45) is 4.02. The Kier molecular flexibility index (Phi) is 5.77. The summed E-state index contributed by atoms with van der Waals surface area (Å²) in [6.45, 7) is 14.1. The van der Waals surface area contributed by atoms with Gasteiger partial charge in [0.2, 0.25) is 0 Å². The van der Waals surface area contributed by atoms with E-state index in [4.69, 9.17) is 0 Å². The van der Waals surface area contributed by atoms with Gasteiger partial charge < -0.3 is 10.6 Å². The smallest absolute Gasteiger partial charge is 0.00206 e. The molecule has 0 amide bonds. The second-order valence-electron chi connectivity index (χ2n) is 6.03. The molecule has 0 aromatic carbocycles. The molecule has 1 aliphatic rings. The Morgan fingerprint density at radius 1 is 1.31 bits per heavy atom. The van der Waals surface area contributed by atoms with Crippen LogP contribution < -0.4 is 10.6 Å². The third kappa shape index (κ3) is 4.06. The molecule has 0 bridgehead atoms. The predicted molar refractivity (Wildman–Crippen MR) is 71.7 cm³/mol. The summed E-state index contributed by atoms with van der Waals surface area (Å²) < 4.78 is 0. The molecule has 96 valence electrons. The van der Waals surface area contributed by atoms with Crippen molar-refractivity contribution >= 4 is 0 Å². The maximum Gasteiger partial charge on any atom is 0.00206 e. The molecule has 1 fully saturated rings. The van der Waals surface area contributed by atoms with Gasteiger partial charge in [-0.3, -0.25) is 0 Å². The molecule has 0 radical (unpaired) electrons. The second-order valence-corrected chi connectivity index (χ2v) is 6.03. The van der Waals surface area contributed by atoms with Crippen molar-refractivity contribution in [2.75, 3.05) is 26.2 Å². The van der Waals surface area contributed by atoms with E-state index in [9.17, 15) is 0 Å². The minimum atomic E-state index is 0.547. The van der Waals surface area contributed by atoms with E-state index in [-0.39, 0.29) is 0 Å². The zero-order valence-electron chi connectivity index (χ0n) is 11.6. The molecule has 2 heteroatoms. The van der Waals surface area contributed by atoms with Gasteiger partial charge in [-0.1, -0.05) is 34.1 Å². The quantitative estimate of drug-likeness (QED) is 0.697. The Morgan fingerprint density at radius 3 is 2.56 bits per heavy atom. The summed E-state index contributed by atoms with van der Waals surface area (Å²) in [6, 6.07) is 0. The first-order chi connectivity index (χ1) is 7.59. The van der Waals surface area contributed by atoms with E-state index in [2.05, 4.69) is 38.3 Å². The summed E-state index contributed by atoms with van der Waals surface area (Å²) >= 11 is 0. The van der Waals surface area contributed by atoms with Crippen LogP contribution in [0.25, 0.3) is 0 Å². The van der Waals surface area contributed by atoms with Crippen LogP contribution in [0.15, 0.2) is 0 Å². The predicted octanol–water partition coefficient (Wildman–Crippen LogP) is 2.65. The van der Waals surface area contributed by atoms with E-state index in [1.807, 2.05) is 0 Å². The maximum absolute atomic E-state index is 3.69. The monoisotopic (exact) mass is 226 g/mol. The molecule has 2 nitrogen and oxygen atoms in total. The molecule has 0 aromatic heterocycles. The van der Waals surface area contributed by atoms with E-state index < -0.39 is 0 Å². The normalized spacial score (nSPS) is 27.6. The molecule has 2 N–H and O–H groups in total. The largest absolute Gasteiger partial charge is 0.316 e. The maximum atomic E-state index is 3.69. The fourth-order valence-electron chi connectivity index (χ4n) is 2.58. The minimum absolute atomic E-state index is 0.547. The van der Waals surface area contributed by atoms with Gasteiger partial charge in [-0.25, -0.2) is 0 Å². The molecule has 2 unspecified atom stereocenters. The van der Waals surface area contributed by atoms with E-state index in [0.717, 1.165) is 11.8 Å². The second kappa shape index (κ2) is 6.61. The first-order valence-corrected chi connectivity index (χ1v) is 7.01. The molecule has 16 heavy (non-hydrogen) atoms. The average molecular weight is 226 g/mol. The lowest BCUT2D eigenvalue weighted by atomic mass is 9.82. The molecule has 0 spiro atoms. The van der Waals surface area contributed by atoms with E-state index >= 15 is 0 Å². The Morgan fingerprint density at radius 2 is 2.06 bits per heavy atom. The van der Waals surface area contributed by atoms with E-state index in [1.54, 1.807) is 0 Å². The molecule has 0 aliphatic carbocycles. The van der Waals surface area contributed by atoms with Crippen molar-refractivity contribution in [3.05, 3.63) is 0 Å². The summed E-state index contributed by atoms with van der Waals surface area (Å²) in [5.74, 6) is 1.57. The van der Waals surface area contributed by atoms with Gasteiger partial charge in [0.15, 0.2) is 0 Å². The first kappa shape index (κ1) is 14.0.